The van der Waals surface area contributed by atoms with Gasteiger partial charge in [0, 0.05) is 31.7 Å². The quantitative estimate of drug-likeness (QED) is 0.325. The molecule has 4 aromatic rings. The number of amides is 1. The predicted molar refractivity (Wildman–Crippen MR) is 143 cm³/mol. The van der Waals surface area contributed by atoms with Gasteiger partial charge in [0.15, 0.2) is 15.0 Å². The van der Waals surface area contributed by atoms with Gasteiger partial charge in [-0.25, -0.2) is 13.4 Å². The van der Waals surface area contributed by atoms with E-state index >= 15 is 0 Å². The van der Waals surface area contributed by atoms with E-state index in [4.69, 9.17) is 0 Å². The van der Waals surface area contributed by atoms with Gasteiger partial charge >= 0.3 is 0 Å². The Balaban J connectivity index is 1.73. The number of thiazole rings is 1. The van der Waals surface area contributed by atoms with Crippen molar-refractivity contribution in [3.63, 3.8) is 0 Å². The highest BCUT2D eigenvalue weighted by atomic mass is 32.2. The third-order valence-electron chi connectivity index (χ3n) is 5.86. The van der Waals surface area contributed by atoms with Crippen LogP contribution in [0.4, 0.5) is 5.13 Å². The number of carbonyl (C=O) groups is 1. The minimum absolute atomic E-state index is 0.0514. The van der Waals surface area contributed by atoms with Crippen molar-refractivity contribution in [3.05, 3.63) is 90.0 Å². The van der Waals surface area contributed by atoms with Gasteiger partial charge in [-0.3, -0.25) is 9.69 Å². The average molecular weight is 508 g/mol. The number of rotatable bonds is 9. The van der Waals surface area contributed by atoms with Crippen molar-refractivity contribution in [2.75, 3.05) is 38.3 Å². The standard InChI is InChI=1S/C27H29N3O3S2/c1-29(2)17-18-30(27-28-26-23(34-27)15-10-16-24(26)35(3,32)33)25(31)19-22(20-11-6-4-7-12-20)21-13-8-5-9-14-21/h4-16,22H,17-19H2,1-3H3. The summed E-state index contributed by atoms with van der Waals surface area (Å²) in [5, 5.41) is 0.517. The van der Waals surface area contributed by atoms with E-state index < -0.39 is 9.84 Å². The van der Waals surface area contributed by atoms with Crippen molar-refractivity contribution in [3.8, 4) is 0 Å². The summed E-state index contributed by atoms with van der Waals surface area (Å²) in [5.41, 5.74) is 2.56. The molecule has 182 valence electrons. The molecule has 35 heavy (non-hydrogen) atoms. The van der Waals surface area contributed by atoms with Gasteiger partial charge in [0.1, 0.15) is 5.52 Å². The molecule has 1 aromatic heterocycles. The summed E-state index contributed by atoms with van der Waals surface area (Å²) in [6.45, 7) is 1.11. The van der Waals surface area contributed by atoms with Crippen LogP contribution in [0.3, 0.4) is 0 Å². The maximum absolute atomic E-state index is 13.8. The molecule has 0 bridgehead atoms. The van der Waals surface area contributed by atoms with Crippen LogP contribution in [0.1, 0.15) is 23.5 Å². The molecule has 1 heterocycles. The molecular formula is C27H29N3O3S2. The van der Waals surface area contributed by atoms with Crippen LogP contribution < -0.4 is 4.90 Å². The van der Waals surface area contributed by atoms with Gasteiger partial charge in [-0.05, 0) is 37.4 Å². The molecule has 0 atom stereocenters. The van der Waals surface area contributed by atoms with Gasteiger partial charge < -0.3 is 4.90 Å². The Kier molecular flexibility index (Phi) is 7.64. The fraction of sp³-hybridized carbons (Fsp3) is 0.259. The first-order valence-electron chi connectivity index (χ1n) is 11.4. The van der Waals surface area contributed by atoms with Crippen LogP contribution in [0.15, 0.2) is 83.8 Å². The topological polar surface area (TPSA) is 70.6 Å². The van der Waals surface area contributed by atoms with Gasteiger partial charge in [0.25, 0.3) is 0 Å². The van der Waals surface area contributed by atoms with Gasteiger partial charge in [0.2, 0.25) is 5.91 Å². The van der Waals surface area contributed by atoms with Crippen molar-refractivity contribution < 1.29 is 13.2 Å². The van der Waals surface area contributed by atoms with Crippen molar-refractivity contribution in [2.24, 2.45) is 0 Å². The van der Waals surface area contributed by atoms with Crippen LogP contribution in [0.2, 0.25) is 0 Å². The third kappa shape index (κ3) is 5.96. The zero-order valence-electron chi connectivity index (χ0n) is 20.1. The van der Waals surface area contributed by atoms with E-state index in [9.17, 15) is 13.2 Å². The molecule has 1 amide bonds. The molecule has 0 saturated carbocycles. The Bertz CT molecular complexity index is 1360. The van der Waals surface area contributed by atoms with Gasteiger partial charge in [-0.15, -0.1) is 0 Å². The van der Waals surface area contributed by atoms with Crippen LogP contribution in [0.5, 0.6) is 0 Å². The van der Waals surface area contributed by atoms with Crippen molar-refractivity contribution in [1.82, 2.24) is 9.88 Å². The van der Waals surface area contributed by atoms with E-state index in [-0.39, 0.29) is 23.1 Å². The predicted octanol–water partition coefficient (Wildman–Crippen LogP) is 4.82. The SMILES string of the molecule is CN(C)CCN(C(=O)CC(c1ccccc1)c1ccccc1)c1nc2c(S(C)(=O)=O)cccc2s1. The smallest absolute Gasteiger partial charge is 0.229 e. The van der Waals surface area contributed by atoms with E-state index in [0.29, 0.717) is 23.7 Å². The molecule has 6 nitrogen and oxygen atoms in total. The van der Waals surface area contributed by atoms with E-state index in [1.54, 1.807) is 17.0 Å². The minimum atomic E-state index is -3.45. The monoisotopic (exact) mass is 507 g/mol. The number of carbonyl (C=O) groups excluding carboxylic acids is 1. The molecule has 0 spiro atoms. The molecular weight excluding hydrogens is 478 g/mol. The van der Waals surface area contributed by atoms with Crippen molar-refractivity contribution in [1.29, 1.82) is 0 Å². The number of benzene rings is 3. The van der Waals surface area contributed by atoms with Gasteiger partial charge in [-0.1, -0.05) is 78.1 Å². The molecule has 8 heteroatoms. The average Bonchev–Trinajstić information content (AvgIpc) is 3.26. The molecule has 0 radical (unpaired) electrons. The summed E-state index contributed by atoms with van der Waals surface area (Å²) in [6.07, 6.45) is 1.45. The Hall–Kier alpha value is -3.07. The lowest BCUT2D eigenvalue weighted by Gasteiger charge is -2.25. The summed E-state index contributed by atoms with van der Waals surface area (Å²) in [6, 6.07) is 25.2. The summed E-state index contributed by atoms with van der Waals surface area (Å²) in [5.74, 6) is -0.155. The Morgan fingerprint density at radius 3 is 2.03 bits per heavy atom. The minimum Gasteiger partial charge on any atom is -0.308 e. The zero-order valence-corrected chi connectivity index (χ0v) is 21.7. The summed E-state index contributed by atoms with van der Waals surface area (Å²) in [7, 11) is 0.469. The summed E-state index contributed by atoms with van der Waals surface area (Å²) >= 11 is 1.35. The Morgan fingerprint density at radius 2 is 1.49 bits per heavy atom. The second kappa shape index (κ2) is 10.7. The first-order chi connectivity index (χ1) is 16.7. The molecule has 4 rings (SSSR count). The number of anilines is 1. The number of likely N-dealkylation sites (N-methyl/N-ethyl adjacent to an activating group) is 1. The molecule has 0 fully saturated rings. The lowest BCUT2D eigenvalue weighted by atomic mass is 9.88. The highest BCUT2D eigenvalue weighted by Gasteiger charge is 2.26. The maximum atomic E-state index is 13.8. The fourth-order valence-corrected chi connectivity index (χ4v) is 5.97. The summed E-state index contributed by atoms with van der Waals surface area (Å²) < 4.78 is 25.4. The molecule has 0 aliphatic heterocycles. The Morgan fingerprint density at radius 1 is 0.886 bits per heavy atom. The molecule has 0 aliphatic carbocycles. The third-order valence-corrected chi connectivity index (χ3v) is 8.03. The van der Waals surface area contributed by atoms with Crippen LogP contribution in [-0.4, -0.2) is 57.6 Å². The van der Waals surface area contributed by atoms with Gasteiger partial charge in [-0.2, -0.15) is 0 Å². The lowest BCUT2D eigenvalue weighted by Crippen LogP contribution is -2.37. The molecule has 0 aliphatic rings. The number of aromatic nitrogens is 1. The highest BCUT2D eigenvalue weighted by Crippen LogP contribution is 2.35. The normalized spacial score (nSPS) is 11.9. The zero-order chi connectivity index (χ0) is 25.0. The second-order valence-electron chi connectivity index (χ2n) is 8.80. The first kappa shape index (κ1) is 25.0. The maximum Gasteiger partial charge on any atom is 0.229 e. The van der Waals surface area contributed by atoms with Crippen LogP contribution in [0.25, 0.3) is 10.2 Å². The van der Waals surface area contributed by atoms with Crippen LogP contribution in [0, 0.1) is 0 Å². The van der Waals surface area contributed by atoms with E-state index in [1.807, 2.05) is 85.7 Å². The van der Waals surface area contributed by atoms with E-state index in [2.05, 4.69) is 4.98 Å². The largest absolute Gasteiger partial charge is 0.308 e. The molecule has 3 aromatic carbocycles. The van der Waals surface area contributed by atoms with Crippen LogP contribution >= 0.6 is 11.3 Å². The van der Waals surface area contributed by atoms with Crippen molar-refractivity contribution >= 4 is 42.4 Å². The molecule has 0 saturated heterocycles. The fourth-order valence-electron chi connectivity index (χ4n) is 4.04. The van der Waals surface area contributed by atoms with E-state index in [1.165, 1.54) is 17.6 Å². The number of sulfone groups is 1. The number of nitrogens with zero attached hydrogens (tertiary/aromatic N) is 3. The Labute approximate surface area is 210 Å². The number of fused-ring (bicyclic) bond motifs is 1. The van der Waals surface area contributed by atoms with Crippen molar-refractivity contribution in [2.45, 2.75) is 17.2 Å². The number of hydrogen-bond donors (Lipinski definition) is 0. The highest BCUT2D eigenvalue weighted by molar-refractivity contribution is 7.91. The van der Waals surface area contributed by atoms with Gasteiger partial charge in [0.05, 0.1) is 9.60 Å². The summed E-state index contributed by atoms with van der Waals surface area (Å²) in [4.78, 5) is 22.4. The molecule has 0 N–H and O–H groups in total. The number of hydrogen-bond acceptors (Lipinski definition) is 6. The lowest BCUT2D eigenvalue weighted by molar-refractivity contribution is -0.118. The van der Waals surface area contributed by atoms with Crippen LogP contribution in [-0.2, 0) is 14.6 Å². The first-order valence-corrected chi connectivity index (χ1v) is 14.1. The molecule has 0 unspecified atom stereocenters. The number of para-hydroxylation sites is 1. The van der Waals surface area contributed by atoms with E-state index in [0.717, 1.165) is 15.8 Å². The second-order valence-corrected chi connectivity index (χ2v) is 11.8.